The van der Waals surface area contributed by atoms with Gasteiger partial charge in [0.1, 0.15) is 23.2 Å². The molecule has 0 unspecified atom stereocenters. The molecule has 0 saturated carbocycles. The number of hydrogen-bond donors (Lipinski definition) is 0. The van der Waals surface area contributed by atoms with E-state index in [1.54, 1.807) is 0 Å². The Kier molecular flexibility index (Phi) is 9.38. The third-order valence-corrected chi connectivity index (χ3v) is 12.2. The summed E-state index contributed by atoms with van der Waals surface area (Å²) in [6.45, 7) is 4.27. The van der Waals surface area contributed by atoms with Crippen molar-refractivity contribution in [2.75, 3.05) is 4.90 Å². The third-order valence-electron chi connectivity index (χ3n) is 7.79. The SMILES string of the molecule is Cc1ccc(N(c2ccc(C)cc2)c2ccc(C[P+](c3ccccc3)(c3ccccc3)c3ccccc3)cc2)cc1.[Br-]. The minimum Gasteiger partial charge on any atom is -1.00 e. The van der Waals surface area contributed by atoms with Crippen molar-refractivity contribution in [2.45, 2.75) is 20.0 Å². The molecule has 0 fully saturated rings. The smallest absolute Gasteiger partial charge is 0.116 e. The molecular weight excluding hydrogens is 593 g/mol. The standard InChI is InChI=1S/C39H35NP.BrH/c1-31-18-24-34(25-19-31)40(35-26-20-32(2)21-27-35)36-28-22-33(23-29-36)30-41(37-12-6-3-7-13-37,38-14-8-4-9-15-38)39-16-10-5-11-17-39;/h3-29H,30H2,1-2H3;1H/q+1;/p-1. The zero-order valence-corrected chi connectivity index (χ0v) is 26.5. The van der Waals surface area contributed by atoms with Gasteiger partial charge >= 0.3 is 0 Å². The van der Waals surface area contributed by atoms with Crippen molar-refractivity contribution in [1.29, 1.82) is 0 Å². The summed E-state index contributed by atoms with van der Waals surface area (Å²) in [6, 6.07) is 60.1. The summed E-state index contributed by atoms with van der Waals surface area (Å²) in [5, 5.41) is 4.22. The van der Waals surface area contributed by atoms with Gasteiger partial charge in [0.15, 0.2) is 0 Å². The largest absolute Gasteiger partial charge is 1.00 e. The molecule has 0 radical (unpaired) electrons. The zero-order chi connectivity index (χ0) is 28.1. The minimum atomic E-state index is -1.95. The lowest BCUT2D eigenvalue weighted by atomic mass is 10.1. The lowest BCUT2D eigenvalue weighted by Gasteiger charge is -2.28. The lowest BCUT2D eigenvalue weighted by Crippen LogP contribution is -3.00. The molecule has 0 atom stereocenters. The van der Waals surface area contributed by atoms with Gasteiger partial charge in [0.2, 0.25) is 0 Å². The van der Waals surface area contributed by atoms with Crippen LogP contribution in [0.3, 0.4) is 0 Å². The van der Waals surface area contributed by atoms with Crippen LogP contribution in [0, 0.1) is 13.8 Å². The molecule has 0 aliphatic carbocycles. The van der Waals surface area contributed by atoms with Crippen LogP contribution in [-0.4, -0.2) is 0 Å². The molecule has 0 N–H and O–H groups in total. The maximum atomic E-state index is 2.34. The van der Waals surface area contributed by atoms with Crippen LogP contribution in [0.2, 0.25) is 0 Å². The van der Waals surface area contributed by atoms with E-state index in [0.29, 0.717) is 0 Å². The summed E-state index contributed by atoms with van der Waals surface area (Å²) in [5.74, 6) is 0. The third kappa shape index (κ3) is 6.12. The minimum absolute atomic E-state index is 0. The van der Waals surface area contributed by atoms with Gasteiger partial charge in [0.05, 0.1) is 6.16 Å². The van der Waals surface area contributed by atoms with E-state index >= 15 is 0 Å². The second-order valence-electron chi connectivity index (χ2n) is 10.6. The fourth-order valence-corrected chi connectivity index (χ4v) is 9.87. The van der Waals surface area contributed by atoms with Crippen molar-refractivity contribution in [3.63, 3.8) is 0 Å². The number of hydrogen-bond acceptors (Lipinski definition) is 1. The quantitative estimate of drug-likeness (QED) is 0.180. The molecule has 6 aromatic carbocycles. The summed E-state index contributed by atoms with van der Waals surface area (Å²) in [7, 11) is -1.95. The first-order chi connectivity index (χ1) is 20.1. The highest BCUT2D eigenvalue weighted by atomic mass is 79.9. The molecule has 0 spiro atoms. The number of nitrogens with zero attached hydrogens (tertiary/aromatic N) is 1. The molecule has 6 aromatic rings. The van der Waals surface area contributed by atoms with Crippen molar-refractivity contribution in [2.24, 2.45) is 0 Å². The van der Waals surface area contributed by atoms with Crippen molar-refractivity contribution in [3.8, 4) is 0 Å². The topological polar surface area (TPSA) is 3.24 Å². The molecule has 42 heavy (non-hydrogen) atoms. The average molecular weight is 629 g/mol. The van der Waals surface area contributed by atoms with E-state index in [0.717, 1.165) is 23.2 Å². The zero-order valence-electron chi connectivity index (χ0n) is 24.1. The molecule has 0 aromatic heterocycles. The van der Waals surface area contributed by atoms with Gasteiger partial charge in [-0.3, -0.25) is 0 Å². The molecule has 0 aliphatic rings. The molecule has 1 nitrogen and oxygen atoms in total. The molecule has 0 amide bonds. The van der Waals surface area contributed by atoms with Crippen molar-refractivity contribution in [3.05, 3.63) is 180 Å². The Morgan fingerprint density at radius 3 is 1.05 bits per heavy atom. The Hall–Kier alpha value is -3.97. The number of rotatable bonds is 8. The fourth-order valence-electron chi connectivity index (χ4n) is 5.63. The first-order valence-corrected chi connectivity index (χ1v) is 16.2. The fraction of sp³-hybridized carbons (Fsp3) is 0.0769. The van der Waals surface area contributed by atoms with Gasteiger partial charge in [-0.15, -0.1) is 0 Å². The summed E-state index contributed by atoms with van der Waals surface area (Å²) in [6.07, 6.45) is 0.959. The van der Waals surface area contributed by atoms with Crippen molar-refractivity contribution < 1.29 is 17.0 Å². The van der Waals surface area contributed by atoms with E-state index in [2.05, 4.69) is 183 Å². The van der Waals surface area contributed by atoms with Crippen molar-refractivity contribution >= 4 is 40.2 Å². The maximum Gasteiger partial charge on any atom is 0.116 e. The predicted octanol–water partition coefficient (Wildman–Crippen LogP) is 6.27. The van der Waals surface area contributed by atoms with E-state index in [1.165, 1.54) is 32.6 Å². The molecule has 3 heteroatoms. The Labute approximate surface area is 261 Å². The number of halogens is 1. The molecule has 208 valence electrons. The van der Waals surface area contributed by atoms with E-state index in [1.807, 2.05) is 0 Å². The Bertz CT molecular complexity index is 1540. The summed E-state index contributed by atoms with van der Waals surface area (Å²) < 4.78 is 0. The van der Waals surface area contributed by atoms with Gasteiger partial charge in [-0.05, 0) is 92.2 Å². The van der Waals surface area contributed by atoms with E-state index in [9.17, 15) is 0 Å². The van der Waals surface area contributed by atoms with E-state index in [4.69, 9.17) is 0 Å². The van der Waals surface area contributed by atoms with Gasteiger partial charge in [-0.2, -0.15) is 0 Å². The molecule has 6 rings (SSSR count). The first-order valence-electron chi connectivity index (χ1n) is 14.2. The van der Waals surface area contributed by atoms with Crippen LogP contribution >= 0.6 is 7.26 Å². The van der Waals surface area contributed by atoms with Gasteiger partial charge in [-0.1, -0.05) is 102 Å². The maximum absolute atomic E-state index is 2.34. The average Bonchev–Trinajstić information content (AvgIpc) is 3.04. The summed E-state index contributed by atoms with van der Waals surface area (Å²) in [5.41, 5.74) is 7.33. The second kappa shape index (κ2) is 13.3. The lowest BCUT2D eigenvalue weighted by molar-refractivity contribution is -0.00000805. The van der Waals surface area contributed by atoms with Gasteiger partial charge in [0, 0.05) is 17.1 Å². The molecular formula is C39H35BrNP. The highest BCUT2D eigenvalue weighted by Gasteiger charge is 2.45. The molecule has 0 heterocycles. The van der Waals surface area contributed by atoms with Crippen LogP contribution in [0.15, 0.2) is 164 Å². The number of anilines is 3. The number of benzene rings is 6. The van der Waals surface area contributed by atoms with Gasteiger partial charge in [0.25, 0.3) is 0 Å². The monoisotopic (exact) mass is 627 g/mol. The van der Waals surface area contributed by atoms with Crippen LogP contribution in [0.4, 0.5) is 17.1 Å². The Balaban J connectivity index is 0.00000353. The summed E-state index contributed by atoms with van der Waals surface area (Å²) in [4.78, 5) is 2.34. The Morgan fingerprint density at radius 2 is 0.714 bits per heavy atom. The normalized spacial score (nSPS) is 11.0. The molecule has 0 saturated heterocycles. The number of aryl methyl sites for hydroxylation is 2. The van der Waals surface area contributed by atoms with E-state index < -0.39 is 7.26 Å². The molecule has 0 bridgehead atoms. The predicted molar refractivity (Wildman–Crippen MR) is 179 cm³/mol. The first kappa shape index (κ1) is 29.5. The van der Waals surface area contributed by atoms with Crippen molar-refractivity contribution in [1.82, 2.24) is 0 Å². The molecule has 0 aliphatic heterocycles. The van der Waals surface area contributed by atoms with Gasteiger partial charge < -0.3 is 21.9 Å². The second-order valence-corrected chi connectivity index (χ2v) is 14.1. The highest BCUT2D eigenvalue weighted by molar-refractivity contribution is 7.95. The van der Waals surface area contributed by atoms with E-state index in [-0.39, 0.29) is 17.0 Å². The summed E-state index contributed by atoms with van der Waals surface area (Å²) >= 11 is 0. The van der Waals surface area contributed by atoms with Crippen LogP contribution < -0.4 is 37.8 Å². The van der Waals surface area contributed by atoms with Crippen LogP contribution in [-0.2, 0) is 6.16 Å². The van der Waals surface area contributed by atoms with Crippen LogP contribution in [0.5, 0.6) is 0 Å². The van der Waals surface area contributed by atoms with Gasteiger partial charge in [-0.25, -0.2) is 0 Å². The van der Waals surface area contributed by atoms with Crippen LogP contribution in [0.25, 0.3) is 0 Å². The highest BCUT2D eigenvalue weighted by Crippen LogP contribution is 2.58. The van der Waals surface area contributed by atoms with Crippen LogP contribution in [0.1, 0.15) is 16.7 Å². The Morgan fingerprint density at radius 1 is 0.405 bits per heavy atom.